The number of benzene rings is 1. The van der Waals surface area contributed by atoms with Crippen LogP contribution in [0.4, 0.5) is 10.5 Å². The van der Waals surface area contributed by atoms with Crippen LogP contribution in [-0.4, -0.2) is 41.7 Å². The average molecular weight is 367 g/mol. The van der Waals surface area contributed by atoms with Gasteiger partial charge in [-0.1, -0.05) is 6.07 Å². The van der Waals surface area contributed by atoms with E-state index in [-0.39, 0.29) is 23.4 Å². The van der Waals surface area contributed by atoms with Gasteiger partial charge in [0.05, 0.1) is 12.7 Å². The van der Waals surface area contributed by atoms with Crippen LogP contribution in [-0.2, 0) is 11.3 Å². The van der Waals surface area contributed by atoms with Crippen LogP contribution in [0, 0.1) is 5.92 Å². The van der Waals surface area contributed by atoms with Crippen molar-refractivity contribution in [2.45, 2.75) is 18.9 Å². The molecular formula is C20H21N3O4. The molecule has 1 fully saturated rings. The number of ether oxygens (including phenoxy) is 1. The summed E-state index contributed by atoms with van der Waals surface area (Å²) in [6.45, 7) is 1.87. The van der Waals surface area contributed by atoms with Crippen molar-refractivity contribution in [3.8, 4) is 0 Å². The molecule has 1 saturated heterocycles. The standard InChI is InChI=1S/C20H21N3O4/c1-27-19(25)14-5-7-16(8-6-14)21-20(26)22-10-13-9-15(12-22)17-3-2-4-18(24)23(17)11-13/h2-8,13,15H,9-12H2,1H3,(H,21,26)/t13-,15-/m0/s1. The summed E-state index contributed by atoms with van der Waals surface area (Å²) in [6, 6.07) is 11.8. The second kappa shape index (κ2) is 6.90. The van der Waals surface area contributed by atoms with Gasteiger partial charge in [0, 0.05) is 43.0 Å². The minimum absolute atomic E-state index is 0.0331. The fourth-order valence-electron chi connectivity index (χ4n) is 4.07. The van der Waals surface area contributed by atoms with E-state index < -0.39 is 5.97 Å². The van der Waals surface area contributed by atoms with Crippen molar-refractivity contribution in [3.05, 3.63) is 64.1 Å². The number of carbonyl (C=O) groups is 2. The lowest BCUT2D eigenvalue weighted by Gasteiger charge is -2.42. The number of carbonyl (C=O) groups excluding carboxylic acids is 2. The summed E-state index contributed by atoms with van der Waals surface area (Å²) in [6.07, 6.45) is 1.00. The first-order valence-corrected chi connectivity index (χ1v) is 8.99. The number of amides is 2. The molecule has 2 aliphatic rings. The van der Waals surface area contributed by atoms with Crippen LogP contribution >= 0.6 is 0 Å². The number of aromatic nitrogens is 1. The molecule has 7 heteroatoms. The van der Waals surface area contributed by atoms with Gasteiger partial charge in [-0.2, -0.15) is 0 Å². The molecule has 0 aliphatic carbocycles. The van der Waals surface area contributed by atoms with E-state index in [9.17, 15) is 14.4 Å². The number of nitrogens with one attached hydrogen (secondary N) is 1. The summed E-state index contributed by atoms with van der Waals surface area (Å²) in [5, 5.41) is 2.89. The van der Waals surface area contributed by atoms with E-state index in [1.165, 1.54) is 7.11 Å². The Morgan fingerprint density at radius 3 is 2.59 bits per heavy atom. The summed E-state index contributed by atoms with van der Waals surface area (Å²) >= 11 is 0. The zero-order valence-electron chi connectivity index (χ0n) is 15.1. The first-order valence-electron chi connectivity index (χ1n) is 8.99. The third-order valence-corrected chi connectivity index (χ3v) is 5.32. The molecule has 1 aromatic heterocycles. The molecule has 2 atom stereocenters. The topological polar surface area (TPSA) is 80.6 Å². The van der Waals surface area contributed by atoms with Gasteiger partial charge in [0.25, 0.3) is 5.56 Å². The van der Waals surface area contributed by atoms with Crippen molar-refractivity contribution in [3.63, 3.8) is 0 Å². The van der Waals surface area contributed by atoms with Crippen molar-refractivity contribution >= 4 is 17.7 Å². The van der Waals surface area contributed by atoms with Crippen molar-refractivity contribution < 1.29 is 14.3 Å². The highest BCUT2D eigenvalue weighted by Gasteiger charge is 2.36. The first kappa shape index (κ1) is 17.3. The van der Waals surface area contributed by atoms with E-state index in [1.807, 2.05) is 15.5 Å². The van der Waals surface area contributed by atoms with Crippen molar-refractivity contribution in [1.29, 1.82) is 0 Å². The number of anilines is 1. The molecule has 2 amide bonds. The van der Waals surface area contributed by atoms with Gasteiger partial charge in [0.15, 0.2) is 0 Å². The molecule has 2 aliphatic heterocycles. The van der Waals surface area contributed by atoms with Crippen LogP contribution < -0.4 is 10.9 Å². The Morgan fingerprint density at radius 2 is 1.85 bits per heavy atom. The summed E-state index contributed by atoms with van der Waals surface area (Å²) < 4.78 is 6.52. The highest BCUT2D eigenvalue weighted by Crippen LogP contribution is 2.35. The van der Waals surface area contributed by atoms with Gasteiger partial charge in [-0.15, -0.1) is 0 Å². The Balaban J connectivity index is 1.46. The normalized spacial score (nSPS) is 20.6. The molecule has 3 heterocycles. The van der Waals surface area contributed by atoms with Crippen LogP contribution in [0.2, 0.25) is 0 Å². The second-order valence-corrected chi connectivity index (χ2v) is 7.10. The van der Waals surface area contributed by atoms with Crippen LogP contribution in [0.15, 0.2) is 47.3 Å². The molecule has 7 nitrogen and oxygen atoms in total. The summed E-state index contributed by atoms with van der Waals surface area (Å²) in [4.78, 5) is 38.1. The molecule has 2 bridgehead atoms. The monoisotopic (exact) mass is 367 g/mol. The number of hydrogen-bond acceptors (Lipinski definition) is 4. The third kappa shape index (κ3) is 3.32. The number of urea groups is 1. The lowest BCUT2D eigenvalue weighted by Crippen LogP contribution is -2.50. The third-order valence-electron chi connectivity index (χ3n) is 5.32. The maximum atomic E-state index is 12.7. The fraction of sp³-hybridized carbons (Fsp3) is 0.350. The molecule has 1 aromatic carbocycles. The van der Waals surface area contributed by atoms with E-state index in [0.29, 0.717) is 30.9 Å². The lowest BCUT2D eigenvalue weighted by molar-refractivity contribution is 0.0600. The zero-order valence-corrected chi connectivity index (χ0v) is 15.1. The number of nitrogens with zero attached hydrogens (tertiary/aromatic N) is 2. The van der Waals surface area contributed by atoms with Gasteiger partial charge >= 0.3 is 12.0 Å². The van der Waals surface area contributed by atoms with E-state index in [4.69, 9.17) is 0 Å². The van der Waals surface area contributed by atoms with Gasteiger partial charge in [0.1, 0.15) is 0 Å². The molecule has 0 saturated carbocycles. The Labute approximate surface area is 156 Å². The van der Waals surface area contributed by atoms with Crippen molar-refractivity contribution in [1.82, 2.24) is 9.47 Å². The minimum Gasteiger partial charge on any atom is -0.465 e. The Bertz CT molecular complexity index is 935. The van der Waals surface area contributed by atoms with E-state index in [2.05, 4.69) is 10.1 Å². The summed E-state index contributed by atoms with van der Waals surface area (Å²) in [7, 11) is 1.33. The number of fused-ring (bicyclic) bond motifs is 4. The smallest absolute Gasteiger partial charge is 0.337 e. The Kier molecular flexibility index (Phi) is 4.43. The van der Waals surface area contributed by atoms with Crippen LogP contribution in [0.5, 0.6) is 0 Å². The number of hydrogen-bond donors (Lipinski definition) is 1. The molecular weight excluding hydrogens is 346 g/mol. The molecule has 1 N–H and O–H groups in total. The number of pyridine rings is 1. The van der Waals surface area contributed by atoms with Gasteiger partial charge in [-0.3, -0.25) is 4.79 Å². The Morgan fingerprint density at radius 1 is 1.07 bits per heavy atom. The highest BCUT2D eigenvalue weighted by molar-refractivity contribution is 5.92. The predicted molar refractivity (Wildman–Crippen MR) is 99.9 cm³/mol. The fourth-order valence-corrected chi connectivity index (χ4v) is 4.07. The SMILES string of the molecule is COC(=O)c1ccc(NC(=O)N2C[C@@H]3C[C@@H](C2)c2cccc(=O)n2C3)cc1. The molecule has 27 heavy (non-hydrogen) atoms. The number of esters is 1. The molecule has 2 aromatic rings. The van der Waals surface area contributed by atoms with Gasteiger partial charge in [-0.05, 0) is 42.7 Å². The number of rotatable bonds is 2. The van der Waals surface area contributed by atoms with E-state index in [0.717, 1.165) is 12.1 Å². The minimum atomic E-state index is -0.411. The van der Waals surface area contributed by atoms with Gasteiger partial charge in [0.2, 0.25) is 0 Å². The van der Waals surface area contributed by atoms with E-state index >= 15 is 0 Å². The van der Waals surface area contributed by atoms with Crippen LogP contribution in [0.1, 0.15) is 28.4 Å². The predicted octanol–water partition coefficient (Wildman–Crippen LogP) is 2.29. The Hall–Kier alpha value is -3.09. The number of methoxy groups -OCH3 is 1. The average Bonchev–Trinajstić information content (AvgIpc) is 2.68. The number of piperidine rings is 1. The summed E-state index contributed by atoms with van der Waals surface area (Å²) in [5.41, 5.74) is 2.11. The summed E-state index contributed by atoms with van der Waals surface area (Å²) in [5.74, 6) is 0.0493. The first-order chi connectivity index (χ1) is 13.0. The highest BCUT2D eigenvalue weighted by atomic mass is 16.5. The van der Waals surface area contributed by atoms with Gasteiger partial charge in [-0.25, -0.2) is 9.59 Å². The molecule has 140 valence electrons. The second-order valence-electron chi connectivity index (χ2n) is 7.10. The van der Waals surface area contributed by atoms with Crippen LogP contribution in [0.3, 0.4) is 0 Å². The van der Waals surface area contributed by atoms with Gasteiger partial charge < -0.3 is 19.5 Å². The largest absolute Gasteiger partial charge is 0.465 e. The maximum absolute atomic E-state index is 12.7. The van der Waals surface area contributed by atoms with Crippen molar-refractivity contribution in [2.75, 3.05) is 25.5 Å². The molecule has 4 rings (SSSR count). The maximum Gasteiger partial charge on any atom is 0.337 e. The molecule has 0 radical (unpaired) electrons. The van der Waals surface area contributed by atoms with Crippen molar-refractivity contribution in [2.24, 2.45) is 5.92 Å². The molecule has 0 spiro atoms. The molecule has 0 unspecified atom stereocenters. The quantitative estimate of drug-likeness (QED) is 0.826. The zero-order chi connectivity index (χ0) is 19.0. The van der Waals surface area contributed by atoms with Crippen LogP contribution in [0.25, 0.3) is 0 Å². The van der Waals surface area contributed by atoms with E-state index in [1.54, 1.807) is 36.4 Å². The lowest BCUT2D eigenvalue weighted by atomic mass is 9.83. The number of likely N-dealkylation sites (tertiary alicyclic amines) is 1.